The number of β-amino-alcohol motifs (C(OH)–C–C–N with tert-alkyl or cyclic N) is 1. The van der Waals surface area contributed by atoms with E-state index in [9.17, 15) is 5.11 Å². The molecule has 2 aromatic rings. The third-order valence-corrected chi connectivity index (χ3v) is 3.97. The van der Waals surface area contributed by atoms with Crippen molar-refractivity contribution in [1.82, 2.24) is 14.9 Å². The summed E-state index contributed by atoms with van der Waals surface area (Å²) >= 11 is 0. The second-order valence-corrected chi connectivity index (χ2v) is 6.29. The van der Waals surface area contributed by atoms with Crippen molar-refractivity contribution in [3.63, 3.8) is 0 Å². The van der Waals surface area contributed by atoms with Crippen molar-refractivity contribution in [1.29, 1.82) is 0 Å². The maximum atomic E-state index is 10.9. The maximum absolute atomic E-state index is 10.9. The average Bonchev–Trinajstić information content (AvgIpc) is 2.77. The Balaban J connectivity index is 1.61. The Bertz CT molecular complexity index is 636. The normalized spacial score (nSPS) is 22.1. The van der Waals surface area contributed by atoms with E-state index in [-0.39, 0.29) is 13.2 Å². The van der Waals surface area contributed by atoms with Gasteiger partial charge in [-0.05, 0) is 19.1 Å². The molecule has 3 rings (SSSR count). The molecule has 0 spiro atoms. The lowest BCUT2D eigenvalue weighted by Crippen LogP contribution is -2.48. The highest BCUT2D eigenvalue weighted by Crippen LogP contribution is 2.18. The van der Waals surface area contributed by atoms with Crippen LogP contribution in [0.1, 0.15) is 11.3 Å². The standard InChI is InChI=1S/C18H23N3O3/c1-15-2-4-17(5-3-15)24-14-18(22)12-21(8-9-23-13-18)11-16-10-19-6-7-20-16/h2-7,10,22H,8-9,11-14H2,1H3. The molecular weight excluding hydrogens is 306 g/mol. The van der Waals surface area contributed by atoms with Crippen molar-refractivity contribution in [2.45, 2.75) is 19.1 Å². The average molecular weight is 329 g/mol. The third kappa shape index (κ3) is 4.74. The molecule has 1 aliphatic rings. The molecule has 1 fully saturated rings. The van der Waals surface area contributed by atoms with Gasteiger partial charge in [0.05, 0.1) is 18.9 Å². The van der Waals surface area contributed by atoms with Gasteiger partial charge in [-0.3, -0.25) is 14.9 Å². The van der Waals surface area contributed by atoms with Crippen LogP contribution in [0, 0.1) is 6.92 Å². The van der Waals surface area contributed by atoms with Gasteiger partial charge in [0.25, 0.3) is 0 Å². The summed E-state index contributed by atoms with van der Waals surface area (Å²) in [6, 6.07) is 7.80. The van der Waals surface area contributed by atoms with Crippen molar-refractivity contribution in [2.75, 3.05) is 32.9 Å². The zero-order valence-corrected chi connectivity index (χ0v) is 13.9. The minimum Gasteiger partial charge on any atom is -0.490 e. The van der Waals surface area contributed by atoms with Gasteiger partial charge < -0.3 is 14.6 Å². The summed E-state index contributed by atoms with van der Waals surface area (Å²) in [4.78, 5) is 10.5. The van der Waals surface area contributed by atoms with E-state index in [0.29, 0.717) is 19.7 Å². The lowest BCUT2D eigenvalue weighted by atomic mass is 10.1. The van der Waals surface area contributed by atoms with E-state index in [1.165, 1.54) is 5.56 Å². The van der Waals surface area contributed by atoms with Crippen LogP contribution in [0.25, 0.3) is 0 Å². The zero-order chi connectivity index (χ0) is 16.8. The minimum atomic E-state index is -1.05. The molecule has 1 aromatic carbocycles. The van der Waals surface area contributed by atoms with Gasteiger partial charge in [0.15, 0.2) is 0 Å². The second-order valence-electron chi connectivity index (χ2n) is 6.29. The van der Waals surface area contributed by atoms with Gasteiger partial charge in [0.1, 0.15) is 18.0 Å². The third-order valence-electron chi connectivity index (χ3n) is 3.97. The molecular formula is C18H23N3O3. The van der Waals surface area contributed by atoms with Crippen LogP contribution in [-0.4, -0.2) is 58.5 Å². The molecule has 24 heavy (non-hydrogen) atoms. The number of nitrogens with zero attached hydrogens (tertiary/aromatic N) is 3. The van der Waals surface area contributed by atoms with Crippen LogP contribution in [-0.2, 0) is 11.3 Å². The van der Waals surface area contributed by atoms with E-state index >= 15 is 0 Å². The molecule has 2 heterocycles. The lowest BCUT2D eigenvalue weighted by Gasteiger charge is -2.30. The van der Waals surface area contributed by atoms with Crippen molar-refractivity contribution in [3.05, 3.63) is 54.1 Å². The molecule has 1 saturated heterocycles. The zero-order valence-electron chi connectivity index (χ0n) is 13.9. The summed E-state index contributed by atoms with van der Waals surface area (Å²) < 4.78 is 11.4. The predicted molar refractivity (Wildman–Crippen MR) is 89.8 cm³/mol. The fourth-order valence-corrected chi connectivity index (χ4v) is 2.71. The van der Waals surface area contributed by atoms with Crippen LogP contribution < -0.4 is 4.74 Å². The first-order valence-electron chi connectivity index (χ1n) is 8.10. The molecule has 128 valence electrons. The highest BCUT2D eigenvalue weighted by molar-refractivity contribution is 5.26. The van der Waals surface area contributed by atoms with Gasteiger partial charge in [0, 0.05) is 38.2 Å². The number of aliphatic hydroxyl groups is 1. The van der Waals surface area contributed by atoms with Crippen LogP contribution in [0.2, 0.25) is 0 Å². The van der Waals surface area contributed by atoms with Crippen molar-refractivity contribution in [2.24, 2.45) is 0 Å². The highest BCUT2D eigenvalue weighted by Gasteiger charge is 2.33. The maximum Gasteiger partial charge on any atom is 0.134 e. The van der Waals surface area contributed by atoms with Crippen LogP contribution in [0.5, 0.6) is 5.75 Å². The van der Waals surface area contributed by atoms with E-state index < -0.39 is 5.60 Å². The molecule has 0 bridgehead atoms. The van der Waals surface area contributed by atoms with Crippen molar-refractivity contribution < 1.29 is 14.6 Å². The molecule has 1 N–H and O–H groups in total. The quantitative estimate of drug-likeness (QED) is 0.895. The number of rotatable bonds is 5. The summed E-state index contributed by atoms with van der Waals surface area (Å²) in [5, 5.41) is 10.9. The van der Waals surface area contributed by atoms with E-state index in [1.807, 2.05) is 31.2 Å². The first-order chi connectivity index (χ1) is 11.6. The highest BCUT2D eigenvalue weighted by atomic mass is 16.5. The summed E-state index contributed by atoms with van der Waals surface area (Å²) in [5.41, 5.74) is 0.999. The summed E-state index contributed by atoms with van der Waals surface area (Å²) in [7, 11) is 0. The Morgan fingerprint density at radius 3 is 2.88 bits per heavy atom. The molecule has 6 nitrogen and oxygen atoms in total. The SMILES string of the molecule is Cc1ccc(OCC2(O)COCCN(Cc3cnccn3)C2)cc1. The molecule has 0 radical (unpaired) electrons. The Morgan fingerprint density at radius 1 is 1.29 bits per heavy atom. The van der Waals surface area contributed by atoms with Gasteiger partial charge in [-0.1, -0.05) is 17.7 Å². The van der Waals surface area contributed by atoms with Gasteiger partial charge in [0.2, 0.25) is 0 Å². The number of ether oxygens (including phenoxy) is 2. The summed E-state index contributed by atoms with van der Waals surface area (Å²) in [6.45, 7) is 4.89. The van der Waals surface area contributed by atoms with Gasteiger partial charge in [-0.2, -0.15) is 0 Å². The number of hydrogen-bond acceptors (Lipinski definition) is 6. The predicted octanol–water partition coefficient (Wildman–Crippen LogP) is 1.43. The molecule has 1 atom stereocenters. The van der Waals surface area contributed by atoms with E-state index in [2.05, 4.69) is 14.9 Å². The second kappa shape index (κ2) is 7.70. The van der Waals surface area contributed by atoms with Crippen LogP contribution in [0.3, 0.4) is 0 Å². The van der Waals surface area contributed by atoms with Crippen molar-refractivity contribution in [3.8, 4) is 5.75 Å². The molecule has 6 heteroatoms. The molecule has 0 saturated carbocycles. The smallest absolute Gasteiger partial charge is 0.134 e. The van der Waals surface area contributed by atoms with E-state index in [0.717, 1.165) is 18.0 Å². The van der Waals surface area contributed by atoms with Crippen LogP contribution in [0.4, 0.5) is 0 Å². The number of benzene rings is 1. The largest absolute Gasteiger partial charge is 0.490 e. The first kappa shape index (κ1) is 16.8. The minimum absolute atomic E-state index is 0.188. The number of aryl methyl sites for hydroxylation is 1. The molecule has 1 unspecified atom stereocenters. The summed E-state index contributed by atoms with van der Waals surface area (Å²) in [6.07, 6.45) is 5.07. The van der Waals surface area contributed by atoms with E-state index in [4.69, 9.17) is 9.47 Å². The number of hydrogen-bond donors (Lipinski definition) is 1. The van der Waals surface area contributed by atoms with Crippen molar-refractivity contribution >= 4 is 0 Å². The first-order valence-corrected chi connectivity index (χ1v) is 8.10. The molecule has 0 aliphatic carbocycles. The fraction of sp³-hybridized carbons (Fsp3) is 0.444. The van der Waals surface area contributed by atoms with Crippen LogP contribution >= 0.6 is 0 Å². The van der Waals surface area contributed by atoms with E-state index in [1.54, 1.807) is 18.6 Å². The summed E-state index contributed by atoms with van der Waals surface area (Å²) in [5.74, 6) is 0.749. The Hall–Kier alpha value is -2.02. The Morgan fingerprint density at radius 2 is 2.12 bits per heavy atom. The Labute approximate surface area is 142 Å². The lowest BCUT2D eigenvalue weighted by molar-refractivity contribution is -0.0647. The topological polar surface area (TPSA) is 67.7 Å². The van der Waals surface area contributed by atoms with Crippen LogP contribution in [0.15, 0.2) is 42.9 Å². The molecule has 0 amide bonds. The monoisotopic (exact) mass is 329 g/mol. The van der Waals surface area contributed by atoms with Gasteiger partial charge in [-0.15, -0.1) is 0 Å². The van der Waals surface area contributed by atoms with Gasteiger partial charge >= 0.3 is 0 Å². The fourth-order valence-electron chi connectivity index (χ4n) is 2.71. The molecule has 1 aromatic heterocycles. The number of aromatic nitrogens is 2. The van der Waals surface area contributed by atoms with Gasteiger partial charge in [-0.25, -0.2) is 0 Å². The Kier molecular flexibility index (Phi) is 5.40. The molecule has 1 aliphatic heterocycles.